The van der Waals surface area contributed by atoms with Crippen LogP contribution in [0.25, 0.3) is 10.2 Å². The Morgan fingerprint density at radius 3 is 2.97 bits per heavy atom. The van der Waals surface area contributed by atoms with Crippen molar-refractivity contribution in [3.05, 3.63) is 39.3 Å². The van der Waals surface area contributed by atoms with Crippen LogP contribution in [0.5, 0.6) is 0 Å². The van der Waals surface area contributed by atoms with Gasteiger partial charge in [-0.3, -0.25) is 9.69 Å². The summed E-state index contributed by atoms with van der Waals surface area (Å²) in [6, 6.07) is 0. The molecule has 2 aromatic rings. The first-order valence-electron chi connectivity index (χ1n) is 9.62. The second-order valence-electron chi connectivity index (χ2n) is 6.74. The number of aromatic amines is 1. The first-order chi connectivity index (χ1) is 14.9. The Morgan fingerprint density at radius 1 is 1.52 bits per heavy atom. The summed E-state index contributed by atoms with van der Waals surface area (Å²) in [5.74, 6) is 2.24. The number of hydrogen-bond acceptors (Lipinski definition) is 9. The van der Waals surface area contributed by atoms with E-state index in [1.54, 1.807) is 14.0 Å². The predicted molar refractivity (Wildman–Crippen MR) is 118 cm³/mol. The third kappa shape index (κ3) is 6.99. The lowest BCUT2D eigenvalue weighted by Gasteiger charge is -2.24. The molecule has 168 valence electrons. The normalized spacial score (nSPS) is 12.1. The number of H-pyrrole nitrogens is 1. The number of carbonyl (C=O) groups is 1. The molecule has 0 aromatic carbocycles. The molecule has 2 rings (SSSR count). The van der Waals surface area contributed by atoms with E-state index in [-0.39, 0.29) is 38.5 Å². The van der Waals surface area contributed by atoms with Crippen LogP contribution in [-0.2, 0) is 20.8 Å². The van der Waals surface area contributed by atoms with Gasteiger partial charge in [0.1, 0.15) is 28.7 Å². The Bertz CT molecular complexity index is 993. The van der Waals surface area contributed by atoms with Crippen molar-refractivity contribution in [2.24, 2.45) is 0 Å². The molecule has 0 saturated carbocycles. The molecule has 0 unspecified atom stereocenters. The molecule has 0 radical (unpaired) electrons. The summed E-state index contributed by atoms with van der Waals surface area (Å²) in [4.78, 5) is 34.9. The van der Waals surface area contributed by atoms with Crippen molar-refractivity contribution in [1.82, 2.24) is 14.9 Å². The minimum absolute atomic E-state index is 0.0867. The van der Waals surface area contributed by atoms with Crippen LogP contribution in [0.1, 0.15) is 21.1 Å². The van der Waals surface area contributed by atoms with Crippen LogP contribution >= 0.6 is 11.3 Å². The molecule has 2 heterocycles. The van der Waals surface area contributed by atoms with Gasteiger partial charge in [-0.1, -0.05) is 18.6 Å². The number of aryl methyl sites for hydroxylation is 1. The number of aliphatic hydroxyl groups is 1. The fourth-order valence-electron chi connectivity index (χ4n) is 2.93. The highest BCUT2D eigenvalue weighted by Crippen LogP contribution is 2.27. The lowest BCUT2D eigenvalue weighted by molar-refractivity contribution is 0.0202. The van der Waals surface area contributed by atoms with Gasteiger partial charge in [0.15, 0.2) is 0 Å². The number of nitrogens with zero attached hydrogens (tertiary/aromatic N) is 2. The molecule has 0 amide bonds. The number of methoxy groups -OCH3 is 1. The SMILES string of the molecule is C#CCOC[C@H](O)CN(CCOC)Cc1nc2sc(C(=O)OCC=C)c(C)c2c(=O)[nH]1. The highest BCUT2D eigenvalue weighted by Gasteiger charge is 2.21. The summed E-state index contributed by atoms with van der Waals surface area (Å²) in [5.41, 5.74) is 0.202. The van der Waals surface area contributed by atoms with E-state index in [0.29, 0.717) is 39.6 Å². The smallest absolute Gasteiger partial charge is 0.348 e. The average molecular weight is 450 g/mol. The zero-order valence-corrected chi connectivity index (χ0v) is 18.5. The number of ether oxygens (including phenoxy) is 3. The summed E-state index contributed by atoms with van der Waals surface area (Å²) < 4.78 is 15.4. The molecule has 2 N–H and O–H groups in total. The largest absolute Gasteiger partial charge is 0.457 e. The molecule has 1 atom stereocenters. The first kappa shape index (κ1) is 24.7. The number of fused-ring (bicyclic) bond motifs is 1. The van der Waals surface area contributed by atoms with Crippen LogP contribution in [0.2, 0.25) is 0 Å². The Kier molecular flexibility index (Phi) is 9.84. The summed E-state index contributed by atoms with van der Waals surface area (Å²) in [7, 11) is 1.58. The van der Waals surface area contributed by atoms with Crippen molar-refractivity contribution in [2.45, 2.75) is 19.6 Å². The van der Waals surface area contributed by atoms with E-state index >= 15 is 0 Å². The molecule has 2 aromatic heterocycles. The van der Waals surface area contributed by atoms with E-state index in [1.165, 1.54) is 6.08 Å². The van der Waals surface area contributed by atoms with Gasteiger partial charge in [-0.2, -0.15) is 0 Å². The zero-order chi connectivity index (χ0) is 22.8. The van der Waals surface area contributed by atoms with Crippen LogP contribution in [-0.4, -0.2) is 78.7 Å². The molecule has 0 saturated heterocycles. The van der Waals surface area contributed by atoms with Gasteiger partial charge in [-0.05, 0) is 12.5 Å². The Hall–Kier alpha value is -2.55. The van der Waals surface area contributed by atoms with Crippen molar-refractivity contribution < 1.29 is 24.1 Å². The third-order valence-corrected chi connectivity index (χ3v) is 5.48. The van der Waals surface area contributed by atoms with Crippen LogP contribution in [0.15, 0.2) is 17.4 Å². The number of hydrogen-bond donors (Lipinski definition) is 2. The first-order valence-corrected chi connectivity index (χ1v) is 10.4. The fraction of sp³-hybridized carbons (Fsp3) is 0.476. The standard InChI is InChI=1S/C21H27N3O6S/c1-5-8-29-13-15(25)11-24(7-10-28-4)12-16-22-19(26)17-14(3)18(31-20(17)23-16)21(27)30-9-6-2/h1,6,15,25H,2,7-13H2,3-4H3,(H,22,23,26)/t15-/m1/s1. The van der Waals surface area contributed by atoms with E-state index in [2.05, 4.69) is 22.5 Å². The van der Waals surface area contributed by atoms with E-state index < -0.39 is 12.1 Å². The number of esters is 1. The molecule has 31 heavy (non-hydrogen) atoms. The van der Waals surface area contributed by atoms with Crippen molar-refractivity contribution in [3.8, 4) is 12.3 Å². The number of aromatic nitrogens is 2. The maximum Gasteiger partial charge on any atom is 0.348 e. The van der Waals surface area contributed by atoms with Gasteiger partial charge in [0.2, 0.25) is 0 Å². The minimum Gasteiger partial charge on any atom is -0.457 e. The van der Waals surface area contributed by atoms with E-state index in [4.69, 9.17) is 20.6 Å². The maximum atomic E-state index is 12.7. The lowest BCUT2D eigenvalue weighted by Crippen LogP contribution is -2.37. The monoisotopic (exact) mass is 449 g/mol. The zero-order valence-electron chi connectivity index (χ0n) is 17.7. The van der Waals surface area contributed by atoms with Gasteiger partial charge in [0.25, 0.3) is 5.56 Å². The van der Waals surface area contributed by atoms with Gasteiger partial charge >= 0.3 is 5.97 Å². The van der Waals surface area contributed by atoms with Crippen LogP contribution < -0.4 is 5.56 Å². The van der Waals surface area contributed by atoms with Crippen molar-refractivity contribution in [3.63, 3.8) is 0 Å². The molecule has 0 fully saturated rings. The molecule has 0 spiro atoms. The minimum atomic E-state index is -0.768. The molecule has 0 aliphatic carbocycles. The number of carbonyl (C=O) groups excluding carboxylic acids is 1. The second kappa shape index (κ2) is 12.3. The number of aliphatic hydroxyl groups excluding tert-OH is 1. The van der Waals surface area contributed by atoms with Gasteiger partial charge in [0.05, 0.1) is 31.2 Å². The predicted octanol–water partition coefficient (Wildman–Crippen LogP) is 1.09. The molecule has 0 aliphatic rings. The van der Waals surface area contributed by atoms with E-state index in [0.717, 1.165) is 11.3 Å². The molecular formula is C21H27N3O6S. The van der Waals surface area contributed by atoms with Crippen LogP contribution in [0.3, 0.4) is 0 Å². The van der Waals surface area contributed by atoms with Gasteiger partial charge in [0, 0.05) is 20.2 Å². The topological polar surface area (TPSA) is 114 Å². The quantitative estimate of drug-likeness (QED) is 0.202. The Balaban J connectivity index is 2.22. The molecule has 10 heteroatoms. The van der Waals surface area contributed by atoms with Crippen LogP contribution in [0, 0.1) is 19.3 Å². The third-order valence-electron chi connectivity index (χ3n) is 4.32. The summed E-state index contributed by atoms with van der Waals surface area (Å²) >= 11 is 1.11. The van der Waals surface area contributed by atoms with Crippen LogP contribution in [0.4, 0.5) is 0 Å². The van der Waals surface area contributed by atoms with Gasteiger partial charge in [-0.15, -0.1) is 17.8 Å². The van der Waals surface area contributed by atoms with Crippen molar-refractivity contribution in [1.29, 1.82) is 0 Å². The number of thiophene rings is 1. The highest BCUT2D eigenvalue weighted by molar-refractivity contribution is 7.20. The van der Waals surface area contributed by atoms with Crippen molar-refractivity contribution >= 4 is 27.5 Å². The highest BCUT2D eigenvalue weighted by atomic mass is 32.1. The second-order valence-corrected chi connectivity index (χ2v) is 7.74. The van der Waals surface area contributed by atoms with E-state index in [1.807, 2.05) is 4.90 Å². The summed E-state index contributed by atoms with van der Waals surface area (Å²) in [6.45, 7) is 7.00. The number of terminal acetylenes is 1. The summed E-state index contributed by atoms with van der Waals surface area (Å²) in [6.07, 6.45) is 5.85. The van der Waals surface area contributed by atoms with Gasteiger partial charge < -0.3 is 24.3 Å². The molecule has 0 aliphatic heterocycles. The van der Waals surface area contributed by atoms with Gasteiger partial charge in [-0.25, -0.2) is 9.78 Å². The lowest BCUT2D eigenvalue weighted by atomic mass is 10.2. The maximum absolute atomic E-state index is 12.7. The average Bonchev–Trinajstić information content (AvgIpc) is 3.07. The molecular weight excluding hydrogens is 422 g/mol. The fourth-order valence-corrected chi connectivity index (χ4v) is 4.02. The van der Waals surface area contributed by atoms with E-state index in [9.17, 15) is 14.7 Å². The molecule has 0 bridgehead atoms. The Labute approximate surface area is 184 Å². The summed E-state index contributed by atoms with van der Waals surface area (Å²) in [5, 5.41) is 10.6. The van der Waals surface area contributed by atoms with Crippen molar-refractivity contribution in [2.75, 3.05) is 46.6 Å². The molecule has 9 nitrogen and oxygen atoms in total. The number of rotatable bonds is 13. The Morgan fingerprint density at radius 2 is 2.29 bits per heavy atom. The number of nitrogens with one attached hydrogen (secondary N) is 1.